The highest BCUT2D eigenvalue weighted by molar-refractivity contribution is 5.35. The van der Waals surface area contributed by atoms with Gasteiger partial charge in [0.05, 0.1) is 6.10 Å². The predicted molar refractivity (Wildman–Crippen MR) is 94.7 cm³/mol. The largest absolute Gasteiger partial charge is 0.390 e. The highest BCUT2D eigenvalue weighted by atomic mass is 19.1. The van der Waals surface area contributed by atoms with Crippen molar-refractivity contribution < 1.29 is 13.9 Å². The van der Waals surface area contributed by atoms with Crippen molar-refractivity contribution in [2.75, 3.05) is 6.54 Å². The Bertz CT molecular complexity index is 722. The van der Waals surface area contributed by atoms with E-state index in [0.29, 0.717) is 31.5 Å². The first-order valence-corrected chi connectivity index (χ1v) is 8.13. The molecule has 132 valence electrons. The average Bonchev–Trinajstić information content (AvgIpc) is 2.59. The average molecular weight is 344 g/mol. The molecule has 0 bridgehead atoms. The summed E-state index contributed by atoms with van der Waals surface area (Å²) in [7, 11) is 0. The van der Waals surface area contributed by atoms with Gasteiger partial charge in [-0.25, -0.2) is 8.78 Å². The molecule has 2 atom stereocenters. The number of hydrogen-bond acceptors (Lipinski definition) is 3. The zero-order valence-electron chi connectivity index (χ0n) is 13.9. The lowest BCUT2D eigenvalue weighted by molar-refractivity contribution is 0.138. The second-order valence-electron chi connectivity index (χ2n) is 6.02. The summed E-state index contributed by atoms with van der Waals surface area (Å²) in [6.45, 7) is 0.882. The third kappa shape index (κ3) is 6.28. The van der Waals surface area contributed by atoms with Crippen LogP contribution < -0.4 is 11.1 Å². The molecule has 0 spiro atoms. The minimum Gasteiger partial charge on any atom is -0.390 e. The molecule has 0 aliphatic carbocycles. The SMILES string of the molecule is C#Cc1cccc(CNC[C@@H](O)[C@@H](N)CCc2cc(F)cc(F)c2)c1. The molecule has 4 N–H and O–H groups in total. The van der Waals surface area contributed by atoms with Gasteiger partial charge in [0.15, 0.2) is 0 Å². The van der Waals surface area contributed by atoms with Crippen LogP contribution in [0.1, 0.15) is 23.1 Å². The molecule has 2 aromatic rings. The molecule has 0 unspecified atom stereocenters. The van der Waals surface area contributed by atoms with Gasteiger partial charge < -0.3 is 16.2 Å². The molecule has 2 rings (SSSR count). The Hall–Kier alpha value is -2.26. The van der Waals surface area contributed by atoms with Crippen LogP contribution in [0.3, 0.4) is 0 Å². The van der Waals surface area contributed by atoms with E-state index in [2.05, 4.69) is 11.2 Å². The summed E-state index contributed by atoms with van der Waals surface area (Å²) in [4.78, 5) is 0. The van der Waals surface area contributed by atoms with Crippen LogP contribution in [0.4, 0.5) is 8.78 Å². The quantitative estimate of drug-likeness (QED) is 0.645. The van der Waals surface area contributed by atoms with Crippen LogP contribution >= 0.6 is 0 Å². The van der Waals surface area contributed by atoms with Crippen LogP contribution in [0, 0.1) is 24.0 Å². The van der Waals surface area contributed by atoms with E-state index in [1.54, 1.807) is 0 Å². The van der Waals surface area contributed by atoms with Gasteiger partial charge >= 0.3 is 0 Å². The molecule has 0 radical (unpaired) electrons. The van der Waals surface area contributed by atoms with Crippen LogP contribution in [-0.4, -0.2) is 23.8 Å². The molecule has 25 heavy (non-hydrogen) atoms. The van der Waals surface area contributed by atoms with Gasteiger partial charge in [0.1, 0.15) is 11.6 Å². The molecule has 0 aliphatic rings. The van der Waals surface area contributed by atoms with Crippen molar-refractivity contribution in [3.63, 3.8) is 0 Å². The van der Waals surface area contributed by atoms with Gasteiger partial charge in [-0.15, -0.1) is 6.42 Å². The maximum atomic E-state index is 13.1. The summed E-state index contributed by atoms with van der Waals surface area (Å²) < 4.78 is 26.3. The molecule has 0 saturated heterocycles. The van der Waals surface area contributed by atoms with Crippen molar-refractivity contribution in [3.05, 3.63) is 70.8 Å². The topological polar surface area (TPSA) is 58.3 Å². The smallest absolute Gasteiger partial charge is 0.126 e. The second-order valence-corrected chi connectivity index (χ2v) is 6.02. The molecule has 0 heterocycles. The third-order valence-electron chi connectivity index (χ3n) is 3.96. The second kappa shape index (κ2) is 9.28. The first-order chi connectivity index (χ1) is 12.0. The van der Waals surface area contributed by atoms with Gasteiger partial charge in [-0.3, -0.25) is 0 Å². The van der Waals surface area contributed by atoms with E-state index in [1.165, 1.54) is 12.1 Å². The molecule has 2 aromatic carbocycles. The number of halogens is 2. The Morgan fingerprint density at radius 1 is 1.12 bits per heavy atom. The molecule has 0 amide bonds. The predicted octanol–water partition coefficient (Wildman–Crippen LogP) is 2.36. The van der Waals surface area contributed by atoms with Crippen molar-refractivity contribution in [2.24, 2.45) is 5.73 Å². The summed E-state index contributed by atoms with van der Waals surface area (Å²) >= 11 is 0. The molecule has 0 saturated carbocycles. The monoisotopic (exact) mass is 344 g/mol. The number of aryl methyl sites for hydroxylation is 1. The number of aliphatic hydroxyl groups excluding tert-OH is 1. The van der Waals surface area contributed by atoms with E-state index in [0.717, 1.165) is 17.2 Å². The highest BCUT2D eigenvalue weighted by Gasteiger charge is 2.14. The molecule has 5 heteroatoms. The van der Waals surface area contributed by atoms with Gasteiger partial charge in [0.2, 0.25) is 0 Å². The van der Waals surface area contributed by atoms with Crippen LogP contribution in [0.5, 0.6) is 0 Å². The van der Waals surface area contributed by atoms with E-state index in [9.17, 15) is 13.9 Å². The fourth-order valence-electron chi connectivity index (χ4n) is 2.57. The number of terminal acetylenes is 1. The van der Waals surface area contributed by atoms with Crippen molar-refractivity contribution in [1.29, 1.82) is 0 Å². The molecular weight excluding hydrogens is 322 g/mol. The van der Waals surface area contributed by atoms with Crippen molar-refractivity contribution in [3.8, 4) is 12.3 Å². The van der Waals surface area contributed by atoms with Crippen LogP contribution in [0.15, 0.2) is 42.5 Å². The van der Waals surface area contributed by atoms with Gasteiger partial charge in [-0.2, -0.15) is 0 Å². The number of hydrogen-bond donors (Lipinski definition) is 3. The van der Waals surface area contributed by atoms with Crippen LogP contribution in [0.25, 0.3) is 0 Å². The van der Waals surface area contributed by atoms with Gasteiger partial charge in [0.25, 0.3) is 0 Å². The fraction of sp³-hybridized carbons (Fsp3) is 0.300. The summed E-state index contributed by atoms with van der Waals surface area (Å²) in [5, 5.41) is 13.2. The van der Waals surface area contributed by atoms with E-state index >= 15 is 0 Å². The highest BCUT2D eigenvalue weighted by Crippen LogP contribution is 2.11. The van der Waals surface area contributed by atoms with Crippen LogP contribution in [0.2, 0.25) is 0 Å². The summed E-state index contributed by atoms with van der Waals surface area (Å²) in [6, 6.07) is 10.5. The molecule has 0 fully saturated rings. The molecule has 0 aliphatic heterocycles. The van der Waals surface area contributed by atoms with Gasteiger partial charge in [0, 0.05) is 30.8 Å². The molecule has 0 aromatic heterocycles. The summed E-state index contributed by atoms with van der Waals surface area (Å²) in [5.41, 5.74) is 8.31. The molecule has 3 nitrogen and oxygen atoms in total. The number of aliphatic hydroxyl groups is 1. The number of rotatable bonds is 8. The zero-order chi connectivity index (χ0) is 18.2. The lowest BCUT2D eigenvalue weighted by Crippen LogP contribution is -2.41. The van der Waals surface area contributed by atoms with Crippen molar-refractivity contribution in [2.45, 2.75) is 31.5 Å². The van der Waals surface area contributed by atoms with E-state index < -0.39 is 23.8 Å². The standard InChI is InChI=1S/C20H22F2N2O/c1-2-14-4-3-5-16(8-14)12-24-13-20(25)19(23)7-6-15-9-17(21)11-18(22)10-15/h1,3-5,8-11,19-20,24-25H,6-7,12-13,23H2/t19-,20+/m0/s1. The van der Waals surface area contributed by atoms with Crippen molar-refractivity contribution >= 4 is 0 Å². The first-order valence-electron chi connectivity index (χ1n) is 8.13. The van der Waals surface area contributed by atoms with E-state index in [-0.39, 0.29) is 0 Å². The van der Waals surface area contributed by atoms with Gasteiger partial charge in [-0.1, -0.05) is 18.1 Å². The Morgan fingerprint density at radius 2 is 1.84 bits per heavy atom. The lowest BCUT2D eigenvalue weighted by Gasteiger charge is -2.19. The minimum absolute atomic E-state index is 0.318. The Labute approximate surface area is 146 Å². The number of nitrogens with two attached hydrogens (primary N) is 1. The van der Waals surface area contributed by atoms with E-state index in [1.807, 2.05) is 24.3 Å². The Balaban J connectivity index is 1.76. The minimum atomic E-state index is -0.755. The Morgan fingerprint density at radius 3 is 2.52 bits per heavy atom. The fourth-order valence-corrected chi connectivity index (χ4v) is 2.57. The van der Waals surface area contributed by atoms with Crippen LogP contribution in [-0.2, 0) is 13.0 Å². The van der Waals surface area contributed by atoms with E-state index in [4.69, 9.17) is 12.2 Å². The Kier molecular flexibility index (Phi) is 7.08. The summed E-state index contributed by atoms with van der Waals surface area (Å²) in [6.07, 6.45) is 5.43. The lowest BCUT2D eigenvalue weighted by atomic mass is 10.0. The summed E-state index contributed by atoms with van der Waals surface area (Å²) in [5.74, 6) is 1.35. The van der Waals surface area contributed by atoms with Gasteiger partial charge in [-0.05, 0) is 48.2 Å². The zero-order valence-corrected chi connectivity index (χ0v) is 13.9. The maximum Gasteiger partial charge on any atom is 0.126 e. The van der Waals surface area contributed by atoms with Crippen molar-refractivity contribution in [1.82, 2.24) is 5.32 Å². The normalized spacial score (nSPS) is 13.2. The maximum absolute atomic E-state index is 13.1. The third-order valence-corrected chi connectivity index (χ3v) is 3.96. The first kappa shape index (κ1) is 19.1. The number of benzene rings is 2. The number of nitrogens with one attached hydrogen (secondary N) is 1. The molecular formula is C20H22F2N2O.